The van der Waals surface area contributed by atoms with E-state index in [0.29, 0.717) is 31.0 Å². The van der Waals surface area contributed by atoms with Gasteiger partial charge in [-0.2, -0.15) is 4.31 Å². The minimum atomic E-state index is -3.60. The van der Waals surface area contributed by atoms with E-state index >= 15 is 0 Å². The lowest BCUT2D eigenvalue weighted by Crippen LogP contribution is -2.55. The molecule has 1 fully saturated rings. The molecule has 0 saturated carbocycles. The van der Waals surface area contributed by atoms with Crippen LogP contribution in [0.1, 0.15) is 26.3 Å². The first-order chi connectivity index (χ1) is 11.3. The van der Waals surface area contributed by atoms with Crippen molar-refractivity contribution >= 4 is 15.9 Å². The summed E-state index contributed by atoms with van der Waals surface area (Å²) in [4.78, 5) is 4.16. The number of amidine groups is 1. The third-order valence-electron chi connectivity index (χ3n) is 3.93. The molecule has 0 amide bonds. The number of aliphatic imine (C=N–C) groups is 1. The van der Waals surface area contributed by atoms with Gasteiger partial charge in [0.2, 0.25) is 10.0 Å². The van der Waals surface area contributed by atoms with Crippen LogP contribution in [0.2, 0.25) is 0 Å². The predicted molar refractivity (Wildman–Crippen MR) is 95.1 cm³/mol. The Morgan fingerprint density at radius 2 is 2.00 bits per heavy atom. The molecule has 7 nitrogen and oxygen atoms in total. The van der Waals surface area contributed by atoms with Gasteiger partial charge in [0, 0.05) is 32.2 Å². The van der Waals surface area contributed by atoms with Crippen LogP contribution in [0, 0.1) is 0 Å². The molecular formula is C16H26N4O3S. The van der Waals surface area contributed by atoms with Crippen molar-refractivity contribution in [2.24, 2.45) is 10.7 Å². The van der Waals surface area contributed by atoms with Crippen LogP contribution in [0.5, 0.6) is 5.75 Å². The lowest BCUT2D eigenvalue weighted by Gasteiger charge is -2.35. The van der Waals surface area contributed by atoms with Gasteiger partial charge in [-0.3, -0.25) is 4.99 Å². The SMILES string of the molecule is CCOc1ccc(S(=O)(=O)N2C[C@@H](C)N[C@@H](C)C2)cc1C(N)=NC. The summed E-state index contributed by atoms with van der Waals surface area (Å²) in [5, 5.41) is 3.33. The number of nitrogens with zero attached hydrogens (tertiary/aromatic N) is 2. The number of benzene rings is 1. The van der Waals surface area contributed by atoms with Crippen LogP contribution in [0.25, 0.3) is 0 Å². The van der Waals surface area contributed by atoms with Crippen LogP contribution in [0.4, 0.5) is 0 Å². The lowest BCUT2D eigenvalue weighted by atomic mass is 10.2. The van der Waals surface area contributed by atoms with Gasteiger partial charge in [-0.1, -0.05) is 0 Å². The second-order valence-corrected chi connectivity index (χ2v) is 7.93. The monoisotopic (exact) mass is 354 g/mol. The van der Waals surface area contributed by atoms with E-state index in [1.54, 1.807) is 25.2 Å². The summed E-state index contributed by atoms with van der Waals surface area (Å²) in [5.41, 5.74) is 6.41. The van der Waals surface area contributed by atoms with E-state index in [-0.39, 0.29) is 22.8 Å². The molecule has 0 aromatic heterocycles. The van der Waals surface area contributed by atoms with Gasteiger partial charge in [0.1, 0.15) is 11.6 Å². The zero-order valence-corrected chi connectivity index (χ0v) is 15.4. The average molecular weight is 354 g/mol. The highest BCUT2D eigenvalue weighted by atomic mass is 32.2. The molecule has 2 atom stereocenters. The zero-order valence-electron chi connectivity index (χ0n) is 14.6. The van der Waals surface area contributed by atoms with E-state index in [9.17, 15) is 8.42 Å². The van der Waals surface area contributed by atoms with Crippen molar-refractivity contribution in [3.63, 3.8) is 0 Å². The van der Waals surface area contributed by atoms with Crippen molar-refractivity contribution < 1.29 is 13.2 Å². The van der Waals surface area contributed by atoms with Gasteiger partial charge >= 0.3 is 0 Å². The molecule has 1 aliphatic heterocycles. The summed E-state index contributed by atoms with van der Waals surface area (Å²) in [7, 11) is -2.04. The molecule has 0 aliphatic carbocycles. The Hall–Kier alpha value is -1.64. The van der Waals surface area contributed by atoms with Crippen LogP contribution < -0.4 is 15.8 Å². The molecule has 1 saturated heterocycles. The van der Waals surface area contributed by atoms with Crippen LogP contribution in [0.3, 0.4) is 0 Å². The maximum Gasteiger partial charge on any atom is 0.243 e. The van der Waals surface area contributed by atoms with Crippen LogP contribution in [-0.2, 0) is 10.0 Å². The van der Waals surface area contributed by atoms with Gasteiger partial charge in [0.05, 0.1) is 17.1 Å². The van der Waals surface area contributed by atoms with Crippen LogP contribution in [-0.4, -0.2) is 57.4 Å². The number of hydrogen-bond acceptors (Lipinski definition) is 5. The highest BCUT2D eigenvalue weighted by Crippen LogP contribution is 2.26. The van der Waals surface area contributed by atoms with Crippen molar-refractivity contribution in [2.75, 3.05) is 26.7 Å². The van der Waals surface area contributed by atoms with Gasteiger partial charge in [-0.25, -0.2) is 8.42 Å². The number of hydrogen-bond donors (Lipinski definition) is 2. The smallest absolute Gasteiger partial charge is 0.243 e. The second kappa shape index (κ2) is 7.50. The van der Waals surface area contributed by atoms with Gasteiger partial charge in [-0.05, 0) is 39.0 Å². The predicted octanol–water partition coefficient (Wildman–Crippen LogP) is 0.791. The van der Waals surface area contributed by atoms with E-state index in [1.165, 1.54) is 4.31 Å². The van der Waals surface area contributed by atoms with Gasteiger partial charge in [0.25, 0.3) is 0 Å². The van der Waals surface area contributed by atoms with Gasteiger partial charge in [0.15, 0.2) is 0 Å². The van der Waals surface area contributed by atoms with E-state index in [0.717, 1.165) is 0 Å². The van der Waals surface area contributed by atoms with Crippen molar-refractivity contribution in [2.45, 2.75) is 37.8 Å². The summed E-state index contributed by atoms with van der Waals surface area (Å²) in [6.07, 6.45) is 0. The van der Waals surface area contributed by atoms with Crippen LogP contribution in [0.15, 0.2) is 28.1 Å². The fraction of sp³-hybridized carbons (Fsp3) is 0.562. The fourth-order valence-electron chi connectivity index (χ4n) is 2.89. The largest absolute Gasteiger partial charge is 0.493 e. The van der Waals surface area contributed by atoms with E-state index < -0.39 is 10.0 Å². The Kier molecular flexibility index (Phi) is 5.84. The Balaban J connectivity index is 2.43. The lowest BCUT2D eigenvalue weighted by molar-refractivity contribution is 0.263. The maximum absolute atomic E-state index is 13.0. The topological polar surface area (TPSA) is 97.0 Å². The number of rotatable bonds is 5. The number of sulfonamides is 1. The Labute approximate surface area is 143 Å². The molecule has 1 heterocycles. The summed E-state index contributed by atoms with van der Waals surface area (Å²) < 4.78 is 33.0. The Morgan fingerprint density at radius 3 is 2.54 bits per heavy atom. The molecule has 0 unspecified atom stereocenters. The standard InChI is InChI=1S/C16H26N4O3S/c1-5-23-15-7-6-13(8-14(15)16(17)18-4)24(21,22)20-9-11(2)19-12(3)10-20/h6-8,11-12,19H,5,9-10H2,1-4H3,(H2,17,18)/t11-,12+. The summed E-state index contributed by atoms with van der Waals surface area (Å²) in [6, 6.07) is 4.95. The second-order valence-electron chi connectivity index (χ2n) is 5.99. The van der Waals surface area contributed by atoms with Gasteiger partial charge in [-0.15, -0.1) is 0 Å². The third-order valence-corrected chi connectivity index (χ3v) is 5.76. The molecule has 0 radical (unpaired) electrons. The molecule has 0 spiro atoms. The summed E-state index contributed by atoms with van der Waals surface area (Å²) in [6.45, 7) is 7.15. The Bertz CT molecular complexity index is 708. The highest BCUT2D eigenvalue weighted by molar-refractivity contribution is 7.89. The maximum atomic E-state index is 13.0. The van der Waals surface area contributed by atoms with E-state index in [2.05, 4.69) is 10.3 Å². The molecule has 3 N–H and O–H groups in total. The molecule has 1 aromatic rings. The van der Waals surface area contributed by atoms with Gasteiger partial charge < -0.3 is 15.8 Å². The molecule has 1 aliphatic rings. The van der Waals surface area contributed by atoms with Crippen LogP contribution >= 0.6 is 0 Å². The number of nitrogens with one attached hydrogen (secondary N) is 1. The first-order valence-corrected chi connectivity index (χ1v) is 9.49. The fourth-order valence-corrected chi connectivity index (χ4v) is 4.54. The number of ether oxygens (including phenoxy) is 1. The van der Waals surface area contributed by atoms with Crippen molar-refractivity contribution in [1.82, 2.24) is 9.62 Å². The number of nitrogens with two attached hydrogens (primary N) is 1. The molecular weight excluding hydrogens is 328 g/mol. The normalized spacial score (nSPS) is 23.2. The molecule has 134 valence electrons. The summed E-state index contributed by atoms with van der Waals surface area (Å²) >= 11 is 0. The van der Waals surface area contributed by atoms with E-state index in [1.807, 2.05) is 20.8 Å². The minimum absolute atomic E-state index is 0.105. The van der Waals surface area contributed by atoms with E-state index in [4.69, 9.17) is 10.5 Å². The summed E-state index contributed by atoms with van der Waals surface area (Å²) in [5.74, 6) is 0.777. The van der Waals surface area contributed by atoms with Crippen molar-refractivity contribution in [3.8, 4) is 5.75 Å². The van der Waals surface area contributed by atoms with Crippen molar-refractivity contribution in [3.05, 3.63) is 23.8 Å². The Morgan fingerprint density at radius 1 is 1.38 bits per heavy atom. The first kappa shape index (κ1) is 18.7. The third kappa shape index (κ3) is 3.88. The number of piperazine rings is 1. The molecule has 1 aromatic carbocycles. The molecule has 0 bridgehead atoms. The first-order valence-electron chi connectivity index (χ1n) is 8.05. The minimum Gasteiger partial charge on any atom is -0.493 e. The molecule has 8 heteroatoms. The quantitative estimate of drug-likeness (QED) is 0.602. The zero-order chi connectivity index (χ0) is 17.9. The molecule has 24 heavy (non-hydrogen) atoms. The highest BCUT2D eigenvalue weighted by Gasteiger charge is 2.31. The average Bonchev–Trinajstić information content (AvgIpc) is 2.53. The molecule has 2 rings (SSSR count). The van der Waals surface area contributed by atoms with Crippen molar-refractivity contribution in [1.29, 1.82) is 0 Å².